The minimum Gasteiger partial charge on any atom is -0.296 e. The summed E-state index contributed by atoms with van der Waals surface area (Å²) in [6.07, 6.45) is 5.63. The van der Waals surface area contributed by atoms with E-state index >= 15 is 0 Å². The van der Waals surface area contributed by atoms with Crippen molar-refractivity contribution in [1.82, 2.24) is 19.9 Å². The van der Waals surface area contributed by atoms with Gasteiger partial charge in [-0.05, 0) is 48.7 Å². The lowest BCUT2D eigenvalue weighted by atomic mass is 9.89. The van der Waals surface area contributed by atoms with Crippen LogP contribution in [0.3, 0.4) is 0 Å². The summed E-state index contributed by atoms with van der Waals surface area (Å²) in [5, 5.41) is 5.60. The highest BCUT2D eigenvalue weighted by atomic mass is 35.5. The Morgan fingerprint density at radius 3 is 2.29 bits per heavy atom. The standard InChI is InChI=1S/C22H27ClN4O/c23-21-5-3-19(4-6-21)22(28)20-7-10-26(11-8-20)27-14-12-25(13-15-27)17-18-2-1-9-24-16-18/h1-6,9,16,20H,7-8,10-15,17H2. The molecule has 0 bridgehead atoms. The van der Waals surface area contributed by atoms with E-state index in [4.69, 9.17) is 11.6 Å². The van der Waals surface area contributed by atoms with Crippen LogP contribution >= 0.6 is 11.6 Å². The van der Waals surface area contributed by atoms with Gasteiger partial charge < -0.3 is 0 Å². The molecule has 1 aromatic carbocycles. The molecule has 0 unspecified atom stereocenters. The Morgan fingerprint density at radius 2 is 1.64 bits per heavy atom. The van der Waals surface area contributed by atoms with Gasteiger partial charge in [0.2, 0.25) is 0 Å². The molecular formula is C22H27ClN4O. The number of hydrogen-bond donors (Lipinski definition) is 0. The molecule has 2 saturated heterocycles. The van der Waals surface area contributed by atoms with Gasteiger partial charge in [-0.1, -0.05) is 17.7 Å². The van der Waals surface area contributed by atoms with Crippen LogP contribution in [0.25, 0.3) is 0 Å². The molecule has 0 radical (unpaired) electrons. The molecule has 148 valence electrons. The first-order valence-electron chi connectivity index (χ1n) is 10.1. The summed E-state index contributed by atoms with van der Waals surface area (Å²) in [4.78, 5) is 19.4. The number of carbonyl (C=O) groups is 1. The Morgan fingerprint density at radius 1 is 0.964 bits per heavy atom. The highest BCUT2D eigenvalue weighted by Gasteiger charge is 2.29. The maximum absolute atomic E-state index is 12.7. The zero-order chi connectivity index (χ0) is 19.3. The van der Waals surface area contributed by atoms with Crippen molar-refractivity contribution < 1.29 is 4.79 Å². The monoisotopic (exact) mass is 398 g/mol. The van der Waals surface area contributed by atoms with Crippen molar-refractivity contribution in [3.63, 3.8) is 0 Å². The first-order chi connectivity index (χ1) is 13.7. The molecule has 0 aliphatic carbocycles. The molecule has 28 heavy (non-hydrogen) atoms. The lowest BCUT2D eigenvalue weighted by molar-refractivity contribution is -0.0745. The van der Waals surface area contributed by atoms with Gasteiger partial charge >= 0.3 is 0 Å². The topological polar surface area (TPSA) is 39.7 Å². The minimum atomic E-state index is 0.129. The first-order valence-corrected chi connectivity index (χ1v) is 10.5. The van der Waals surface area contributed by atoms with E-state index in [0.717, 1.165) is 64.2 Å². The zero-order valence-electron chi connectivity index (χ0n) is 16.1. The molecule has 4 rings (SSSR count). The largest absolute Gasteiger partial charge is 0.296 e. The Balaban J connectivity index is 1.23. The lowest BCUT2D eigenvalue weighted by Gasteiger charge is -2.43. The third-order valence-corrected chi connectivity index (χ3v) is 6.10. The van der Waals surface area contributed by atoms with Crippen molar-refractivity contribution in [1.29, 1.82) is 0 Å². The number of pyridine rings is 1. The smallest absolute Gasteiger partial charge is 0.166 e. The van der Waals surface area contributed by atoms with Crippen LogP contribution in [0.4, 0.5) is 0 Å². The molecule has 1 aromatic heterocycles. The number of aromatic nitrogens is 1. The van der Waals surface area contributed by atoms with Crippen LogP contribution < -0.4 is 0 Å². The molecule has 2 aliphatic rings. The zero-order valence-corrected chi connectivity index (χ0v) is 16.9. The summed E-state index contributed by atoms with van der Waals surface area (Å²) in [6.45, 7) is 7.14. The number of ketones is 1. The third kappa shape index (κ3) is 4.78. The SMILES string of the molecule is O=C(c1ccc(Cl)cc1)C1CCN(N2CCN(Cc3cccnc3)CC2)CC1. The predicted molar refractivity (Wildman–Crippen MR) is 111 cm³/mol. The van der Waals surface area contributed by atoms with E-state index in [1.54, 1.807) is 12.1 Å². The normalized spacial score (nSPS) is 20.3. The maximum atomic E-state index is 12.7. The van der Waals surface area contributed by atoms with Gasteiger partial charge in [0.15, 0.2) is 5.78 Å². The summed E-state index contributed by atoms with van der Waals surface area (Å²) in [5.41, 5.74) is 2.06. The van der Waals surface area contributed by atoms with E-state index in [9.17, 15) is 4.79 Å². The molecule has 2 aliphatic heterocycles. The second kappa shape index (κ2) is 9.14. The summed E-state index contributed by atoms with van der Waals surface area (Å²) < 4.78 is 0. The molecule has 3 heterocycles. The Labute approximate surface area is 171 Å². The van der Waals surface area contributed by atoms with Crippen molar-refractivity contribution in [2.24, 2.45) is 5.92 Å². The molecule has 0 N–H and O–H groups in total. The Bertz CT molecular complexity index is 767. The van der Waals surface area contributed by atoms with Crippen LogP contribution in [0.1, 0.15) is 28.8 Å². The quantitative estimate of drug-likeness (QED) is 0.722. The second-order valence-electron chi connectivity index (χ2n) is 7.69. The summed E-state index contributed by atoms with van der Waals surface area (Å²) in [7, 11) is 0. The number of halogens is 1. The van der Waals surface area contributed by atoms with Gasteiger partial charge in [-0.15, -0.1) is 0 Å². The fraction of sp³-hybridized carbons (Fsp3) is 0.455. The number of piperazine rings is 1. The van der Waals surface area contributed by atoms with Crippen molar-refractivity contribution >= 4 is 17.4 Å². The Kier molecular flexibility index (Phi) is 6.37. The number of rotatable bonds is 5. The molecule has 2 aromatic rings. The molecule has 0 amide bonds. The van der Waals surface area contributed by atoms with Crippen LogP contribution in [-0.4, -0.2) is 65.0 Å². The summed E-state index contributed by atoms with van der Waals surface area (Å²) >= 11 is 5.93. The number of piperidine rings is 1. The van der Waals surface area contributed by atoms with Crippen molar-refractivity contribution in [3.05, 3.63) is 64.9 Å². The van der Waals surface area contributed by atoms with Gasteiger partial charge in [0, 0.05) is 74.7 Å². The van der Waals surface area contributed by atoms with E-state index in [-0.39, 0.29) is 11.7 Å². The van der Waals surface area contributed by atoms with Crippen molar-refractivity contribution in [2.75, 3.05) is 39.3 Å². The fourth-order valence-electron chi connectivity index (χ4n) is 4.19. The third-order valence-electron chi connectivity index (χ3n) is 5.85. The molecule has 5 nitrogen and oxygen atoms in total. The van der Waals surface area contributed by atoms with E-state index in [1.165, 1.54) is 5.56 Å². The molecule has 2 fully saturated rings. The molecule has 0 atom stereocenters. The maximum Gasteiger partial charge on any atom is 0.166 e. The number of nitrogens with zero attached hydrogens (tertiary/aromatic N) is 4. The number of Topliss-reactive ketones (excluding diaryl/α,β-unsaturated/α-hetero) is 1. The number of benzene rings is 1. The number of hydrazine groups is 1. The molecule has 0 spiro atoms. The summed E-state index contributed by atoms with van der Waals surface area (Å²) in [6, 6.07) is 11.4. The first kappa shape index (κ1) is 19.5. The van der Waals surface area contributed by atoms with Crippen LogP contribution in [0.15, 0.2) is 48.8 Å². The average Bonchev–Trinajstić information content (AvgIpc) is 2.75. The summed E-state index contributed by atoms with van der Waals surface area (Å²) in [5.74, 6) is 0.391. The highest BCUT2D eigenvalue weighted by molar-refractivity contribution is 6.30. The van der Waals surface area contributed by atoms with Crippen molar-refractivity contribution in [2.45, 2.75) is 19.4 Å². The second-order valence-corrected chi connectivity index (χ2v) is 8.13. The Hall–Kier alpha value is -1.79. The van der Waals surface area contributed by atoms with Gasteiger partial charge in [0.25, 0.3) is 0 Å². The van der Waals surface area contributed by atoms with Gasteiger partial charge in [0.1, 0.15) is 0 Å². The van der Waals surface area contributed by atoms with Gasteiger partial charge in [-0.25, -0.2) is 10.0 Å². The van der Waals surface area contributed by atoms with Crippen molar-refractivity contribution in [3.8, 4) is 0 Å². The number of carbonyl (C=O) groups excluding carboxylic acids is 1. The molecular weight excluding hydrogens is 372 g/mol. The van der Waals surface area contributed by atoms with E-state index < -0.39 is 0 Å². The van der Waals surface area contributed by atoms with Crippen LogP contribution in [0.2, 0.25) is 5.02 Å². The fourth-order valence-corrected chi connectivity index (χ4v) is 4.31. The van der Waals surface area contributed by atoms with Crippen LogP contribution in [-0.2, 0) is 6.54 Å². The molecule has 0 saturated carbocycles. The lowest BCUT2D eigenvalue weighted by Crippen LogP contribution is -2.55. The predicted octanol–water partition coefficient (Wildman–Crippen LogP) is 3.36. The van der Waals surface area contributed by atoms with E-state index in [0.29, 0.717) is 5.02 Å². The van der Waals surface area contributed by atoms with Gasteiger partial charge in [-0.2, -0.15) is 0 Å². The van der Waals surface area contributed by atoms with Crippen LogP contribution in [0.5, 0.6) is 0 Å². The molecule has 6 heteroatoms. The minimum absolute atomic E-state index is 0.129. The average molecular weight is 399 g/mol. The number of hydrogen-bond acceptors (Lipinski definition) is 5. The van der Waals surface area contributed by atoms with Gasteiger partial charge in [0.05, 0.1) is 0 Å². The highest BCUT2D eigenvalue weighted by Crippen LogP contribution is 2.24. The van der Waals surface area contributed by atoms with Gasteiger partial charge in [-0.3, -0.25) is 14.7 Å². The van der Waals surface area contributed by atoms with Crippen LogP contribution in [0, 0.1) is 5.92 Å². The van der Waals surface area contributed by atoms with E-state index in [1.807, 2.05) is 30.6 Å². The van der Waals surface area contributed by atoms with E-state index in [2.05, 4.69) is 26.0 Å².